The predicted molar refractivity (Wildman–Crippen MR) is 79.0 cm³/mol. The van der Waals surface area contributed by atoms with E-state index in [0.717, 1.165) is 18.2 Å². The lowest BCUT2D eigenvalue weighted by molar-refractivity contribution is -0.137. The molecule has 0 atom stereocenters. The number of H-pyrrole nitrogens is 1. The Morgan fingerprint density at radius 2 is 1.78 bits per heavy atom. The zero-order valence-electron chi connectivity index (χ0n) is 11.1. The van der Waals surface area contributed by atoms with Crippen LogP contribution in [0.5, 0.6) is 0 Å². The number of benzene rings is 1. The second-order valence-corrected chi connectivity index (χ2v) is 5.26. The third-order valence-corrected chi connectivity index (χ3v) is 3.69. The van der Waals surface area contributed by atoms with Crippen molar-refractivity contribution in [2.45, 2.75) is 6.18 Å². The Bertz CT molecular complexity index is 935. The number of nitrogens with one attached hydrogen (secondary N) is 1. The molecule has 0 amide bonds. The Hall–Kier alpha value is -2.78. The van der Waals surface area contributed by atoms with Crippen LogP contribution < -0.4 is 11.3 Å². The molecule has 5 nitrogen and oxygen atoms in total. The van der Waals surface area contributed by atoms with Gasteiger partial charge >= 0.3 is 6.18 Å². The maximum Gasteiger partial charge on any atom is 0.416 e. The number of nitrogen functional groups attached to an aromatic ring is 1. The van der Waals surface area contributed by atoms with E-state index in [-0.39, 0.29) is 27.0 Å². The number of anilines is 1. The van der Waals surface area contributed by atoms with Gasteiger partial charge in [0.1, 0.15) is 29.1 Å². The molecule has 0 saturated carbocycles. The molecule has 3 N–H and O–H groups in total. The highest BCUT2D eigenvalue weighted by molar-refractivity contribution is 9.10. The fourth-order valence-corrected chi connectivity index (χ4v) is 2.58. The number of hydrogen-bond donors (Lipinski definition) is 2. The minimum Gasteiger partial charge on any atom is -0.384 e. The summed E-state index contributed by atoms with van der Waals surface area (Å²) < 4.78 is 38.1. The zero-order valence-corrected chi connectivity index (χ0v) is 12.7. The topological polar surface area (TPSA) is 106 Å². The predicted octanol–water partition coefficient (Wildman–Crippen LogP) is 3.15. The fourth-order valence-electron chi connectivity index (χ4n) is 2.01. The highest BCUT2D eigenvalue weighted by atomic mass is 79.9. The Morgan fingerprint density at radius 3 is 2.26 bits per heavy atom. The summed E-state index contributed by atoms with van der Waals surface area (Å²) in [6.45, 7) is 0. The van der Waals surface area contributed by atoms with Crippen LogP contribution in [-0.4, -0.2) is 4.98 Å². The first-order valence-corrected chi connectivity index (χ1v) is 6.73. The standard InChI is InChI=1S/C14H6BrF3N4O/c15-10-3-6(14(16,17)18)1-2-7(10)11-8(4-19)12(21)22-13(23)9(11)5-20/h1-3H,(H3,21,22,23). The van der Waals surface area contributed by atoms with Crippen molar-refractivity contribution in [3.63, 3.8) is 0 Å². The van der Waals surface area contributed by atoms with Crippen LogP contribution in [0, 0.1) is 22.7 Å². The van der Waals surface area contributed by atoms with Gasteiger partial charge in [-0.25, -0.2) is 0 Å². The molecule has 1 heterocycles. The number of pyridine rings is 1. The van der Waals surface area contributed by atoms with Crippen LogP contribution in [-0.2, 0) is 6.18 Å². The maximum atomic E-state index is 12.7. The van der Waals surface area contributed by atoms with E-state index in [9.17, 15) is 23.2 Å². The van der Waals surface area contributed by atoms with Gasteiger partial charge in [0.05, 0.1) is 5.56 Å². The smallest absolute Gasteiger partial charge is 0.384 e. The number of halogens is 4. The van der Waals surface area contributed by atoms with E-state index in [1.54, 1.807) is 12.1 Å². The first kappa shape index (κ1) is 16.6. The highest BCUT2D eigenvalue weighted by Crippen LogP contribution is 2.38. The van der Waals surface area contributed by atoms with Crippen molar-refractivity contribution >= 4 is 21.7 Å². The molecular formula is C14H6BrF3N4O. The quantitative estimate of drug-likeness (QED) is 0.789. The summed E-state index contributed by atoms with van der Waals surface area (Å²) in [6, 6.07) is 6.05. The molecule has 1 aromatic carbocycles. The third-order valence-electron chi connectivity index (χ3n) is 3.03. The number of nitriles is 2. The van der Waals surface area contributed by atoms with Gasteiger partial charge in [0.2, 0.25) is 0 Å². The summed E-state index contributed by atoms with van der Waals surface area (Å²) in [5, 5.41) is 18.3. The molecule has 0 radical (unpaired) electrons. The molecule has 0 aliphatic rings. The number of alkyl halides is 3. The Labute approximate surface area is 135 Å². The largest absolute Gasteiger partial charge is 0.416 e. The molecule has 0 fully saturated rings. The van der Waals surface area contributed by atoms with Crippen LogP contribution in [0.3, 0.4) is 0 Å². The van der Waals surface area contributed by atoms with E-state index in [4.69, 9.17) is 11.0 Å². The fraction of sp³-hybridized carbons (Fsp3) is 0.0714. The van der Waals surface area contributed by atoms with Crippen molar-refractivity contribution < 1.29 is 13.2 Å². The average molecular weight is 383 g/mol. The molecule has 116 valence electrons. The van der Waals surface area contributed by atoms with E-state index >= 15 is 0 Å². The second kappa shape index (κ2) is 5.78. The molecule has 0 bridgehead atoms. The minimum absolute atomic E-state index is 0.0228. The average Bonchev–Trinajstić information content (AvgIpc) is 2.45. The zero-order chi connectivity index (χ0) is 17.4. The molecule has 1 aromatic heterocycles. The first-order chi connectivity index (χ1) is 10.7. The number of aromatic amines is 1. The molecule has 0 unspecified atom stereocenters. The second-order valence-electron chi connectivity index (χ2n) is 4.41. The van der Waals surface area contributed by atoms with E-state index < -0.39 is 22.9 Å². The van der Waals surface area contributed by atoms with Gasteiger partial charge in [-0.05, 0) is 17.7 Å². The molecule has 0 saturated heterocycles. The Morgan fingerprint density at radius 1 is 1.17 bits per heavy atom. The van der Waals surface area contributed by atoms with Gasteiger partial charge in [-0.1, -0.05) is 22.0 Å². The van der Waals surface area contributed by atoms with Gasteiger partial charge in [-0.15, -0.1) is 0 Å². The van der Waals surface area contributed by atoms with Gasteiger partial charge < -0.3 is 10.7 Å². The van der Waals surface area contributed by atoms with Gasteiger partial charge in [0.25, 0.3) is 5.56 Å². The summed E-state index contributed by atoms with van der Waals surface area (Å²) in [5.74, 6) is -0.265. The molecule has 0 aliphatic heterocycles. The van der Waals surface area contributed by atoms with Crippen LogP contribution in [0.2, 0.25) is 0 Å². The monoisotopic (exact) mass is 382 g/mol. The van der Waals surface area contributed by atoms with Crippen LogP contribution >= 0.6 is 15.9 Å². The lowest BCUT2D eigenvalue weighted by Crippen LogP contribution is -2.16. The minimum atomic E-state index is -4.55. The molecule has 9 heteroatoms. The maximum absolute atomic E-state index is 12.7. The van der Waals surface area contributed by atoms with Crippen molar-refractivity contribution in [3.8, 4) is 23.3 Å². The summed E-state index contributed by atoms with van der Waals surface area (Å²) in [5.41, 5.74) is 3.19. The van der Waals surface area contributed by atoms with Gasteiger partial charge in [-0.3, -0.25) is 4.79 Å². The summed E-state index contributed by atoms with van der Waals surface area (Å²) in [7, 11) is 0. The van der Waals surface area contributed by atoms with E-state index in [1.165, 1.54) is 0 Å². The van der Waals surface area contributed by atoms with Crippen LogP contribution in [0.25, 0.3) is 11.1 Å². The van der Waals surface area contributed by atoms with Crippen molar-refractivity contribution in [2.75, 3.05) is 5.73 Å². The number of aromatic nitrogens is 1. The number of hydrogen-bond acceptors (Lipinski definition) is 4. The molecule has 2 aromatic rings. The molecule has 0 spiro atoms. The number of nitrogens with zero attached hydrogens (tertiary/aromatic N) is 2. The summed E-state index contributed by atoms with van der Waals surface area (Å²) in [6.07, 6.45) is -4.55. The number of rotatable bonds is 1. The van der Waals surface area contributed by atoms with Crippen LogP contribution in [0.4, 0.5) is 19.0 Å². The van der Waals surface area contributed by atoms with Crippen LogP contribution in [0.15, 0.2) is 27.5 Å². The van der Waals surface area contributed by atoms with E-state index in [1.807, 2.05) is 0 Å². The van der Waals surface area contributed by atoms with E-state index in [0.29, 0.717) is 0 Å². The van der Waals surface area contributed by atoms with Crippen molar-refractivity contribution in [1.82, 2.24) is 4.98 Å². The van der Waals surface area contributed by atoms with E-state index in [2.05, 4.69) is 20.9 Å². The van der Waals surface area contributed by atoms with Crippen molar-refractivity contribution in [1.29, 1.82) is 10.5 Å². The lowest BCUT2D eigenvalue weighted by atomic mass is 9.96. The third kappa shape index (κ3) is 2.91. The summed E-state index contributed by atoms with van der Waals surface area (Å²) >= 11 is 2.98. The number of nitrogens with two attached hydrogens (primary N) is 1. The Balaban J connectivity index is 2.86. The lowest BCUT2D eigenvalue weighted by Gasteiger charge is -2.13. The molecule has 23 heavy (non-hydrogen) atoms. The Kier molecular flexibility index (Phi) is 4.17. The van der Waals surface area contributed by atoms with Crippen molar-refractivity contribution in [3.05, 3.63) is 49.7 Å². The molecule has 0 aliphatic carbocycles. The molecule has 2 rings (SSSR count). The van der Waals surface area contributed by atoms with Gasteiger partial charge in [0.15, 0.2) is 0 Å². The van der Waals surface area contributed by atoms with Gasteiger partial charge in [0, 0.05) is 10.0 Å². The SMILES string of the molecule is N#Cc1c(N)[nH]c(=O)c(C#N)c1-c1ccc(C(F)(F)F)cc1Br. The summed E-state index contributed by atoms with van der Waals surface area (Å²) in [4.78, 5) is 14.0. The van der Waals surface area contributed by atoms with Crippen molar-refractivity contribution in [2.24, 2.45) is 0 Å². The normalized spacial score (nSPS) is 10.9. The first-order valence-electron chi connectivity index (χ1n) is 5.93. The highest BCUT2D eigenvalue weighted by Gasteiger charge is 2.31. The van der Waals surface area contributed by atoms with Crippen LogP contribution in [0.1, 0.15) is 16.7 Å². The molecular weight excluding hydrogens is 377 g/mol. The van der Waals surface area contributed by atoms with Gasteiger partial charge in [-0.2, -0.15) is 23.7 Å².